The van der Waals surface area contributed by atoms with Crippen molar-refractivity contribution >= 4 is 23.4 Å². The molecule has 1 saturated heterocycles. The van der Waals surface area contributed by atoms with Gasteiger partial charge >= 0.3 is 0 Å². The molecule has 0 saturated carbocycles. The first-order valence-electron chi connectivity index (χ1n) is 7.09. The molecule has 20 heavy (non-hydrogen) atoms. The molecule has 2 aliphatic heterocycles. The number of morpholine rings is 1. The normalized spacial score (nSPS) is 23.4. The number of benzene rings is 1. The van der Waals surface area contributed by atoms with Crippen molar-refractivity contribution in [3.8, 4) is 0 Å². The summed E-state index contributed by atoms with van der Waals surface area (Å²) in [4.78, 5) is 18.0. The maximum atomic E-state index is 12.6. The fourth-order valence-electron chi connectivity index (χ4n) is 2.68. The van der Waals surface area contributed by atoms with Crippen LogP contribution < -0.4 is 4.90 Å². The number of hydrogen-bond acceptors (Lipinski definition) is 4. The molecule has 1 aromatic carbocycles. The van der Waals surface area contributed by atoms with Gasteiger partial charge < -0.3 is 9.64 Å². The highest BCUT2D eigenvalue weighted by molar-refractivity contribution is 7.99. The van der Waals surface area contributed by atoms with Crippen LogP contribution in [0.25, 0.3) is 0 Å². The lowest BCUT2D eigenvalue weighted by atomic mass is 10.2. The molecule has 1 atom stereocenters. The number of amides is 1. The lowest BCUT2D eigenvalue weighted by molar-refractivity contribution is -0.121. The third-order valence-electron chi connectivity index (χ3n) is 3.87. The summed E-state index contributed by atoms with van der Waals surface area (Å²) in [7, 11) is 0. The number of fused-ring (bicyclic) bond motifs is 1. The van der Waals surface area contributed by atoms with Crippen molar-refractivity contribution in [2.75, 3.05) is 43.5 Å². The van der Waals surface area contributed by atoms with Gasteiger partial charge in [-0.25, -0.2) is 0 Å². The minimum atomic E-state index is 0.200. The van der Waals surface area contributed by atoms with Crippen LogP contribution in [0.5, 0.6) is 0 Å². The van der Waals surface area contributed by atoms with E-state index in [0.717, 1.165) is 37.7 Å². The fraction of sp³-hybridized carbons (Fsp3) is 0.533. The number of rotatable bonds is 2. The molecule has 0 radical (unpaired) electrons. The van der Waals surface area contributed by atoms with Crippen molar-refractivity contribution in [2.45, 2.75) is 17.9 Å². The van der Waals surface area contributed by atoms with E-state index in [4.69, 9.17) is 4.74 Å². The second-order valence-corrected chi connectivity index (χ2v) is 6.39. The highest BCUT2D eigenvalue weighted by Gasteiger charge is 2.27. The molecule has 1 amide bonds. The summed E-state index contributed by atoms with van der Waals surface area (Å²) in [5, 5.41) is 0. The minimum absolute atomic E-state index is 0.200. The fourth-order valence-corrected chi connectivity index (χ4v) is 3.68. The SMILES string of the molecule is CC1COCCN1CC(=O)N1CCSc2ccccc21. The second kappa shape index (κ2) is 6.16. The first-order valence-corrected chi connectivity index (χ1v) is 8.08. The van der Waals surface area contributed by atoms with E-state index in [-0.39, 0.29) is 5.91 Å². The molecule has 3 rings (SSSR count). The lowest BCUT2D eigenvalue weighted by Gasteiger charge is -2.35. The number of carbonyl (C=O) groups excluding carboxylic acids is 1. The predicted molar refractivity (Wildman–Crippen MR) is 81.4 cm³/mol. The van der Waals surface area contributed by atoms with Gasteiger partial charge in [0.2, 0.25) is 5.91 Å². The van der Waals surface area contributed by atoms with E-state index in [1.54, 1.807) is 0 Å². The van der Waals surface area contributed by atoms with E-state index in [0.29, 0.717) is 12.6 Å². The van der Waals surface area contributed by atoms with Crippen LogP contribution in [0.15, 0.2) is 29.2 Å². The van der Waals surface area contributed by atoms with Crippen LogP contribution in [-0.4, -0.2) is 55.4 Å². The monoisotopic (exact) mass is 292 g/mol. The summed E-state index contributed by atoms with van der Waals surface area (Å²) in [6, 6.07) is 8.49. The van der Waals surface area contributed by atoms with Crippen molar-refractivity contribution in [1.82, 2.24) is 4.90 Å². The maximum Gasteiger partial charge on any atom is 0.241 e. The van der Waals surface area contributed by atoms with Crippen molar-refractivity contribution < 1.29 is 9.53 Å². The van der Waals surface area contributed by atoms with Gasteiger partial charge in [0.1, 0.15) is 0 Å². The highest BCUT2D eigenvalue weighted by atomic mass is 32.2. The molecular formula is C15H20N2O2S. The van der Waals surface area contributed by atoms with E-state index in [9.17, 15) is 4.79 Å². The van der Waals surface area contributed by atoms with Gasteiger partial charge in [0, 0.05) is 29.8 Å². The summed E-state index contributed by atoms with van der Waals surface area (Å²) in [5.41, 5.74) is 1.06. The average Bonchev–Trinajstić information content (AvgIpc) is 2.49. The highest BCUT2D eigenvalue weighted by Crippen LogP contribution is 2.34. The van der Waals surface area contributed by atoms with Crippen LogP contribution in [0, 0.1) is 0 Å². The molecule has 1 unspecified atom stereocenters. The zero-order valence-electron chi connectivity index (χ0n) is 11.7. The van der Waals surface area contributed by atoms with E-state index >= 15 is 0 Å². The molecular weight excluding hydrogens is 272 g/mol. The standard InChI is InChI=1S/C15H20N2O2S/c1-12-11-19-8-6-16(12)10-15(18)17-7-9-20-14-5-3-2-4-13(14)17/h2-5,12H,6-11H2,1H3. The molecule has 1 fully saturated rings. The smallest absolute Gasteiger partial charge is 0.241 e. The van der Waals surface area contributed by atoms with Crippen molar-refractivity contribution in [3.63, 3.8) is 0 Å². The molecule has 108 valence electrons. The Hall–Kier alpha value is -1.04. The Kier molecular flexibility index (Phi) is 4.29. The molecule has 2 heterocycles. The summed E-state index contributed by atoms with van der Waals surface area (Å²) in [6.07, 6.45) is 0. The predicted octanol–water partition coefficient (Wildman–Crippen LogP) is 1.85. The molecule has 0 bridgehead atoms. The topological polar surface area (TPSA) is 32.8 Å². The second-order valence-electron chi connectivity index (χ2n) is 5.26. The van der Waals surface area contributed by atoms with E-state index in [2.05, 4.69) is 17.9 Å². The summed E-state index contributed by atoms with van der Waals surface area (Å²) < 4.78 is 5.43. The number of carbonyl (C=O) groups is 1. The van der Waals surface area contributed by atoms with Gasteiger partial charge in [-0.1, -0.05) is 12.1 Å². The Labute approximate surface area is 124 Å². The third kappa shape index (κ3) is 2.85. The van der Waals surface area contributed by atoms with Crippen LogP contribution in [0.1, 0.15) is 6.92 Å². The first kappa shape index (κ1) is 13.9. The number of ether oxygens (including phenoxy) is 1. The van der Waals surface area contributed by atoms with Crippen LogP contribution in [-0.2, 0) is 9.53 Å². The van der Waals surface area contributed by atoms with Gasteiger partial charge in [-0.2, -0.15) is 0 Å². The van der Waals surface area contributed by atoms with Gasteiger partial charge in [-0.05, 0) is 19.1 Å². The van der Waals surface area contributed by atoms with Gasteiger partial charge in [0.25, 0.3) is 0 Å². The summed E-state index contributed by atoms with van der Waals surface area (Å²) >= 11 is 1.83. The quantitative estimate of drug-likeness (QED) is 0.833. The van der Waals surface area contributed by atoms with Crippen LogP contribution in [0.2, 0.25) is 0 Å². The van der Waals surface area contributed by atoms with Crippen LogP contribution >= 0.6 is 11.8 Å². The average molecular weight is 292 g/mol. The summed E-state index contributed by atoms with van der Waals surface area (Å²) in [6.45, 7) is 5.70. The number of anilines is 1. The Balaban J connectivity index is 1.72. The third-order valence-corrected chi connectivity index (χ3v) is 4.92. The van der Waals surface area contributed by atoms with Crippen molar-refractivity contribution in [3.05, 3.63) is 24.3 Å². The van der Waals surface area contributed by atoms with Crippen LogP contribution in [0.4, 0.5) is 5.69 Å². The maximum absolute atomic E-state index is 12.6. The zero-order valence-corrected chi connectivity index (χ0v) is 12.6. The Morgan fingerprint density at radius 1 is 1.40 bits per heavy atom. The molecule has 0 spiro atoms. The number of thioether (sulfide) groups is 1. The zero-order chi connectivity index (χ0) is 13.9. The number of para-hydroxylation sites is 1. The molecule has 5 heteroatoms. The molecule has 2 aliphatic rings. The van der Waals surface area contributed by atoms with Crippen LogP contribution in [0.3, 0.4) is 0 Å². The summed E-state index contributed by atoms with van der Waals surface area (Å²) in [5.74, 6) is 1.17. The van der Waals surface area contributed by atoms with Crippen molar-refractivity contribution in [2.24, 2.45) is 0 Å². The minimum Gasteiger partial charge on any atom is -0.379 e. The van der Waals surface area contributed by atoms with Gasteiger partial charge in [0.05, 0.1) is 25.4 Å². The number of hydrogen-bond donors (Lipinski definition) is 0. The molecule has 0 N–H and O–H groups in total. The molecule has 1 aromatic rings. The van der Waals surface area contributed by atoms with E-state index < -0.39 is 0 Å². The molecule has 0 aliphatic carbocycles. The largest absolute Gasteiger partial charge is 0.379 e. The Morgan fingerprint density at radius 2 is 2.25 bits per heavy atom. The molecule has 4 nitrogen and oxygen atoms in total. The Bertz CT molecular complexity index is 495. The number of nitrogens with zero attached hydrogens (tertiary/aromatic N) is 2. The van der Waals surface area contributed by atoms with Gasteiger partial charge in [-0.15, -0.1) is 11.8 Å². The Morgan fingerprint density at radius 3 is 3.10 bits per heavy atom. The van der Waals surface area contributed by atoms with Crippen molar-refractivity contribution in [1.29, 1.82) is 0 Å². The van der Waals surface area contributed by atoms with Gasteiger partial charge in [-0.3, -0.25) is 9.69 Å². The van der Waals surface area contributed by atoms with Gasteiger partial charge in [0.15, 0.2) is 0 Å². The first-order chi connectivity index (χ1) is 9.75. The molecule has 0 aromatic heterocycles. The van der Waals surface area contributed by atoms with E-state index in [1.165, 1.54) is 4.90 Å². The lowest BCUT2D eigenvalue weighted by Crippen LogP contribution is -2.50. The van der Waals surface area contributed by atoms with E-state index in [1.807, 2.05) is 34.9 Å².